The smallest absolute Gasteiger partial charge is 0.264 e. The second-order valence-corrected chi connectivity index (χ2v) is 7.78. The predicted octanol–water partition coefficient (Wildman–Crippen LogP) is 4.86. The zero-order valence-corrected chi connectivity index (χ0v) is 17.7. The summed E-state index contributed by atoms with van der Waals surface area (Å²) in [7, 11) is 0. The molecule has 0 saturated carbocycles. The minimum atomic E-state index is -0.283. The van der Waals surface area contributed by atoms with Gasteiger partial charge in [0.25, 0.3) is 5.91 Å². The number of thiazole rings is 1. The van der Waals surface area contributed by atoms with E-state index in [0.29, 0.717) is 10.9 Å². The highest BCUT2D eigenvalue weighted by Gasteiger charge is 2.10. The number of carbonyl (C=O) groups excluding carboxylic acids is 2. The summed E-state index contributed by atoms with van der Waals surface area (Å²) in [6, 6.07) is 13.0. The fourth-order valence-corrected chi connectivity index (χ4v) is 3.76. The lowest BCUT2D eigenvalue weighted by Gasteiger charge is -2.08. The average Bonchev–Trinajstić information content (AvgIpc) is 3.09. The van der Waals surface area contributed by atoms with Crippen LogP contribution in [0.5, 0.6) is 5.75 Å². The van der Waals surface area contributed by atoms with E-state index in [1.54, 1.807) is 0 Å². The number of rotatable bonds is 6. The lowest BCUT2D eigenvalue weighted by molar-refractivity contribution is -0.118. The number of hydrogen-bond acceptors (Lipinski definition) is 5. The Morgan fingerprint density at radius 2 is 1.89 bits per heavy atom. The molecule has 0 fully saturated rings. The molecule has 2 N–H and O–H groups in total. The number of nitrogens with one attached hydrogen (secondary N) is 2. The third-order valence-corrected chi connectivity index (χ3v) is 5.08. The first-order valence-corrected chi connectivity index (χ1v) is 10.1. The van der Waals surface area contributed by atoms with Gasteiger partial charge >= 0.3 is 0 Å². The summed E-state index contributed by atoms with van der Waals surface area (Å²) in [5.41, 5.74) is 3.46. The summed E-state index contributed by atoms with van der Waals surface area (Å²) < 4.78 is 6.35. The molecule has 144 valence electrons. The number of aromatic nitrogens is 1. The normalized spacial score (nSPS) is 10.4. The quantitative estimate of drug-likeness (QED) is 0.551. The Hall–Kier alpha value is -2.71. The summed E-state index contributed by atoms with van der Waals surface area (Å²) >= 11 is 4.76. The Bertz CT molecular complexity index is 1000. The van der Waals surface area contributed by atoms with Crippen LogP contribution in [-0.2, 0) is 9.59 Å². The monoisotopic (exact) mass is 459 g/mol. The molecule has 1 aromatic heterocycles. The van der Waals surface area contributed by atoms with Crippen molar-refractivity contribution < 1.29 is 14.3 Å². The van der Waals surface area contributed by atoms with Gasteiger partial charge in [0.05, 0.1) is 10.2 Å². The number of halogens is 1. The van der Waals surface area contributed by atoms with E-state index in [1.165, 1.54) is 18.3 Å². The third-order valence-electron chi connectivity index (χ3n) is 3.70. The molecule has 8 heteroatoms. The van der Waals surface area contributed by atoms with E-state index in [1.807, 2.05) is 54.8 Å². The molecule has 0 saturated heterocycles. The van der Waals surface area contributed by atoms with Gasteiger partial charge in [-0.25, -0.2) is 4.98 Å². The number of aryl methyl sites for hydroxylation is 1. The van der Waals surface area contributed by atoms with Gasteiger partial charge in [-0.2, -0.15) is 0 Å². The summed E-state index contributed by atoms with van der Waals surface area (Å²) in [6.07, 6.45) is 0. The molecule has 0 aliphatic carbocycles. The first-order valence-electron chi connectivity index (χ1n) is 8.43. The number of ether oxygens (including phenoxy) is 1. The van der Waals surface area contributed by atoms with Crippen LogP contribution < -0.4 is 15.4 Å². The van der Waals surface area contributed by atoms with E-state index >= 15 is 0 Å². The molecule has 0 spiro atoms. The molecular weight excluding hydrogens is 442 g/mol. The zero-order valence-electron chi connectivity index (χ0n) is 15.3. The molecule has 0 aliphatic rings. The van der Waals surface area contributed by atoms with Crippen LogP contribution in [0.4, 0.5) is 10.8 Å². The standard InChI is InChI=1S/C20H18BrN3O3S/c1-12-3-8-18(16(21)9-12)27-10-19(26)24-20-23-17(11-28-20)14-4-6-15(7-5-14)22-13(2)25/h3-9,11H,10H2,1-2H3,(H,22,25)(H,23,24,26). The molecule has 0 unspecified atom stereocenters. The molecular formula is C20H18BrN3O3S. The van der Waals surface area contributed by atoms with Crippen LogP contribution >= 0.6 is 27.3 Å². The third kappa shape index (κ3) is 5.40. The second-order valence-electron chi connectivity index (χ2n) is 6.07. The Kier molecular flexibility index (Phi) is 6.43. The first kappa shape index (κ1) is 20.0. The first-order chi connectivity index (χ1) is 13.4. The van der Waals surface area contributed by atoms with E-state index in [0.717, 1.165) is 27.0 Å². The maximum atomic E-state index is 12.1. The Morgan fingerprint density at radius 3 is 2.57 bits per heavy atom. The van der Waals surface area contributed by atoms with Crippen molar-refractivity contribution in [2.75, 3.05) is 17.2 Å². The molecule has 3 rings (SSSR count). The summed E-state index contributed by atoms with van der Waals surface area (Å²) in [5, 5.41) is 7.82. The summed E-state index contributed by atoms with van der Waals surface area (Å²) in [5.74, 6) is 0.209. The molecule has 1 heterocycles. The number of carbonyl (C=O) groups is 2. The number of amides is 2. The van der Waals surface area contributed by atoms with Crippen LogP contribution in [0, 0.1) is 6.92 Å². The van der Waals surface area contributed by atoms with Gasteiger partial charge in [0.15, 0.2) is 11.7 Å². The van der Waals surface area contributed by atoms with E-state index in [4.69, 9.17) is 4.74 Å². The highest BCUT2D eigenvalue weighted by Crippen LogP contribution is 2.27. The van der Waals surface area contributed by atoms with E-state index in [9.17, 15) is 9.59 Å². The molecule has 28 heavy (non-hydrogen) atoms. The van der Waals surface area contributed by atoms with Gasteiger partial charge in [-0.3, -0.25) is 14.9 Å². The van der Waals surface area contributed by atoms with Crippen molar-refractivity contribution in [1.82, 2.24) is 4.98 Å². The maximum Gasteiger partial charge on any atom is 0.264 e. The highest BCUT2D eigenvalue weighted by atomic mass is 79.9. The Balaban J connectivity index is 1.57. The predicted molar refractivity (Wildman–Crippen MR) is 115 cm³/mol. The Labute approximate surface area is 175 Å². The molecule has 0 radical (unpaired) electrons. The molecule has 3 aromatic rings. The summed E-state index contributed by atoms with van der Waals surface area (Å²) in [4.78, 5) is 27.6. The number of benzene rings is 2. The van der Waals surface area contributed by atoms with Crippen molar-refractivity contribution in [2.24, 2.45) is 0 Å². The molecule has 0 bridgehead atoms. The summed E-state index contributed by atoms with van der Waals surface area (Å²) in [6.45, 7) is 3.33. The van der Waals surface area contributed by atoms with Crippen molar-refractivity contribution in [2.45, 2.75) is 13.8 Å². The lowest BCUT2D eigenvalue weighted by atomic mass is 10.1. The van der Waals surface area contributed by atoms with Crippen molar-refractivity contribution in [1.29, 1.82) is 0 Å². The highest BCUT2D eigenvalue weighted by molar-refractivity contribution is 9.10. The zero-order chi connectivity index (χ0) is 20.1. The van der Waals surface area contributed by atoms with Gasteiger partial charge in [0.1, 0.15) is 5.75 Å². The van der Waals surface area contributed by atoms with Crippen LogP contribution in [-0.4, -0.2) is 23.4 Å². The van der Waals surface area contributed by atoms with Gasteiger partial charge in [-0.15, -0.1) is 11.3 Å². The van der Waals surface area contributed by atoms with Gasteiger partial charge in [-0.1, -0.05) is 18.2 Å². The molecule has 0 atom stereocenters. The number of anilines is 2. The van der Waals surface area contributed by atoms with Crippen molar-refractivity contribution >= 4 is 49.9 Å². The van der Waals surface area contributed by atoms with Crippen LogP contribution in [0.1, 0.15) is 12.5 Å². The fraction of sp³-hybridized carbons (Fsp3) is 0.150. The lowest BCUT2D eigenvalue weighted by Crippen LogP contribution is -2.20. The van der Waals surface area contributed by atoms with Crippen LogP contribution in [0.15, 0.2) is 52.3 Å². The van der Waals surface area contributed by atoms with E-state index < -0.39 is 0 Å². The van der Waals surface area contributed by atoms with Gasteiger partial charge in [-0.05, 0) is 52.7 Å². The number of nitrogens with zero attached hydrogens (tertiary/aromatic N) is 1. The van der Waals surface area contributed by atoms with Crippen LogP contribution in [0.3, 0.4) is 0 Å². The largest absolute Gasteiger partial charge is 0.483 e. The molecule has 0 aliphatic heterocycles. The van der Waals surface area contributed by atoms with Gasteiger partial charge < -0.3 is 10.1 Å². The van der Waals surface area contributed by atoms with Gasteiger partial charge in [0, 0.05) is 23.6 Å². The van der Waals surface area contributed by atoms with E-state index in [-0.39, 0.29) is 18.4 Å². The van der Waals surface area contributed by atoms with Crippen LogP contribution in [0.25, 0.3) is 11.3 Å². The topological polar surface area (TPSA) is 80.3 Å². The molecule has 6 nitrogen and oxygen atoms in total. The van der Waals surface area contributed by atoms with Crippen molar-refractivity contribution in [3.05, 3.63) is 57.9 Å². The molecule has 2 amide bonds. The van der Waals surface area contributed by atoms with Crippen LogP contribution in [0.2, 0.25) is 0 Å². The SMILES string of the molecule is CC(=O)Nc1ccc(-c2csc(NC(=O)COc3ccc(C)cc3Br)n2)cc1. The maximum absolute atomic E-state index is 12.1. The minimum absolute atomic E-state index is 0.109. The number of hydrogen-bond donors (Lipinski definition) is 2. The average molecular weight is 460 g/mol. The van der Waals surface area contributed by atoms with Gasteiger partial charge in [0.2, 0.25) is 5.91 Å². The fourth-order valence-electron chi connectivity index (χ4n) is 2.41. The Morgan fingerprint density at radius 1 is 1.14 bits per heavy atom. The van der Waals surface area contributed by atoms with Crippen molar-refractivity contribution in [3.63, 3.8) is 0 Å². The van der Waals surface area contributed by atoms with E-state index in [2.05, 4.69) is 31.5 Å². The van der Waals surface area contributed by atoms with Crippen molar-refractivity contribution in [3.8, 4) is 17.0 Å². The second kappa shape index (κ2) is 8.99. The minimum Gasteiger partial charge on any atom is -0.483 e. The molecule has 2 aromatic carbocycles.